The quantitative estimate of drug-likeness (QED) is 0.771. The summed E-state index contributed by atoms with van der Waals surface area (Å²) in [5.41, 5.74) is 1.53. The Morgan fingerprint density at radius 2 is 2.15 bits per heavy atom. The normalized spacial score (nSPS) is 12.5. The lowest BCUT2D eigenvalue weighted by atomic mass is 9.98. The minimum absolute atomic E-state index is 0.197. The van der Waals surface area contributed by atoms with Crippen LogP contribution in [0.25, 0.3) is 11.0 Å². The topological polar surface area (TPSA) is 80.9 Å². The number of carbonyl (C=O) groups excluding carboxylic acids is 1. The molecule has 0 saturated heterocycles. The Bertz CT molecular complexity index is 810. The van der Waals surface area contributed by atoms with Crippen LogP contribution in [0.1, 0.15) is 44.4 Å². The number of fused-ring (bicyclic) bond motifs is 1. The SMILES string of the molecule is C#CCC(O)c1ccc(OC)c2occ(CCNC(=O)OC(C)(C)C)c12. The van der Waals surface area contributed by atoms with Gasteiger partial charge in [0.2, 0.25) is 0 Å². The largest absolute Gasteiger partial charge is 0.493 e. The van der Waals surface area contributed by atoms with Crippen LogP contribution in [0.15, 0.2) is 22.8 Å². The highest BCUT2D eigenvalue weighted by molar-refractivity contribution is 5.90. The second kappa shape index (κ2) is 8.15. The third kappa shape index (κ3) is 4.70. The van der Waals surface area contributed by atoms with Crippen molar-refractivity contribution in [1.29, 1.82) is 0 Å². The predicted octanol–water partition coefficient (Wildman–Crippen LogP) is 3.57. The summed E-state index contributed by atoms with van der Waals surface area (Å²) in [7, 11) is 1.55. The number of ether oxygens (including phenoxy) is 2. The first-order valence-corrected chi connectivity index (χ1v) is 8.42. The van der Waals surface area contributed by atoms with Crippen molar-refractivity contribution in [1.82, 2.24) is 5.32 Å². The van der Waals surface area contributed by atoms with E-state index in [1.165, 1.54) is 0 Å². The van der Waals surface area contributed by atoms with Gasteiger partial charge in [0, 0.05) is 23.9 Å². The van der Waals surface area contributed by atoms with E-state index >= 15 is 0 Å². The van der Waals surface area contributed by atoms with Crippen LogP contribution in [0.5, 0.6) is 5.75 Å². The van der Waals surface area contributed by atoms with Gasteiger partial charge >= 0.3 is 6.09 Å². The van der Waals surface area contributed by atoms with Crippen molar-refractivity contribution in [2.75, 3.05) is 13.7 Å². The molecule has 1 heterocycles. The third-order valence-electron chi connectivity index (χ3n) is 3.75. The first-order valence-electron chi connectivity index (χ1n) is 8.42. The summed E-state index contributed by atoms with van der Waals surface area (Å²) >= 11 is 0. The molecule has 0 aliphatic carbocycles. The number of alkyl carbamates (subject to hydrolysis) is 1. The number of hydrogen-bond acceptors (Lipinski definition) is 5. The molecule has 1 aromatic carbocycles. The molecule has 2 aromatic rings. The van der Waals surface area contributed by atoms with Crippen LogP contribution in [0, 0.1) is 12.3 Å². The van der Waals surface area contributed by atoms with E-state index in [1.54, 1.807) is 25.5 Å². The Labute approximate surface area is 153 Å². The maximum Gasteiger partial charge on any atom is 0.407 e. The third-order valence-corrected chi connectivity index (χ3v) is 3.75. The number of carbonyl (C=O) groups is 1. The Balaban J connectivity index is 2.22. The summed E-state index contributed by atoms with van der Waals surface area (Å²) in [6.07, 6.45) is 6.36. The average molecular weight is 359 g/mol. The van der Waals surface area contributed by atoms with Gasteiger partial charge in [-0.2, -0.15) is 0 Å². The van der Waals surface area contributed by atoms with Gasteiger partial charge in [-0.15, -0.1) is 12.3 Å². The number of aliphatic hydroxyl groups excluding tert-OH is 1. The van der Waals surface area contributed by atoms with Crippen LogP contribution in [-0.2, 0) is 11.2 Å². The molecule has 0 radical (unpaired) electrons. The molecular weight excluding hydrogens is 334 g/mol. The van der Waals surface area contributed by atoms with Crippen LogP contribution >= 0.6 is 0 Å². The zero-order valence-corrected chi connectivity index (χ0v) is 15.6. The van der Waals surface area contributed by atoms with Crippen molar-refractivity contribution in [2.45, 2.75) is 45.3 Å². The highest BCUT2D eigenvalue weighted by Crippen LogP contribution is 2.36. The fraction of sp³-hybridized carbons (Fsp3) is 0.450. The van der Waals surface area contributed by atoms with Gasteiger partial charge in [-0.25, -0.2) is 4.79 Å². The zero-order valence-electron chi connectivity index (χ0n) is 15.6. The number of terminal acetylenes is 1. The van der Waals surface area contributed by atoms with E-state index in [9.17, 15) is 9.90 Å². The maximum atomic E-state index is 11.8. The number of methoxy groups -OCH3 is 1. The van der Waals surface area contributed by atoms with E-state index in [2.05, 4.69) is 11.2 Å². The van der Waals surface area contributed by atoms with E-state index in [1.807, 2.05) is 20.8 Å². The number of benzene rings is 1. The maximum absolute atomic E-state index is 11.8. The first kappa shape index (κ1) is 19.7. The molecular formula is C20H25NO5. The van der Waals surface area contributed by atoms with Gasteiger partial charge in [0.15, 0.2) is 11.3 Å². The second-order valence-electron chi connectivity index (χ2n) is 6.92. The van der Waals surface area contributed by atoms with Crippen molar-refractivity contribution in [3.05, 3.63) is 29.5 Å². The lowest BCUT2D eigenvalue weighted by Gasteiger charge is -2.19. The lowest BCUT2D eigenvalue weighted by Crippen LogP contribution is -2.33. The number of rotatable bonds is 6. The smallest absolute Gasteiger partial charge is 0.407 e. The molecule has 6 nitrogen and oxygen atoms in total. The summed E-state index contributed by atoms with van der Waals surface area (Å²) in [5, 5.41) is 13.8. The minimum Gasteiger partial charge on any atom is -0.493 e. The van der Waals surface area contributed by atoms with E-state index in [0.29, 0.717) is 29.9 Å². The molecule has 0 aliphatic rings. The van der Waals surface area contributed by atoms with E-state index < -0.39 is 17.8 Å². The van der Waals surface area contributed by atoms with Crippen molar-refractivity contribution in [3.63, 3.8) is 0 Å². The van der Waals surface area contributed by atoms with Crippen LogP contribution in [-0.4, -0.2) is 30.5 Å². The summed E-state index contributed by atoms with van der Waals surface area (Å²) in [4.78, 5) is 11.8. The Kier molecular flexibility index (Phi) is 6.17. The van der Waals surface area contributed by atoms with Crippen LogP contribution in [0.4, 0.5) is 4.79 Å². The summed E-state index contributed by atoms with van der Waals surface area (Å²) in [5.74, 6) is 3.04. The Morgan fingerprint density at radius 3 is 2.77 bits per heavy atom. The highest BCUT2D eigenvalue weighted by atomic mass is 16.6. The van der Waals surface area contributed by atoms with Gasteiger partial charge in [-0.3, -0.25) is 0 Å². The van der Waals surface area contributed by atoms with Crippen molar-refractivity contribution >= 4 is 17.1 Å². The van der Waals surface area contributed by atoms with Crippen molar-refractivity contribution in [2.24, 2.45) is 0 Å². The first-order chi connectivity index (χ1) is 12.3. The molecule has 1 unspecified atom stereocenters. The summed E-state index contributed by atoms with van der Waals surface area (Å²) < 4.78 is 16.2. The molecule has 2 rings (SSSR count). The zero-order chi connectivity index (χ0) is 19.3. The number of furan rings is 1. The monoisotopic (exact) mass is 359 g/mol. The van der Waals surface area contributed by atoms with E-state index in [4.69, 9.17) is 20.3 Å². The molecule has 0 saturated carbocycles. The van der Waals surface area contributed by atoms with Gasteiger partial charge < -0.3 is 24.3 Å². The van der Waals surface area contributed by atoms with Gasteiger partial charge in [0.25, 0.3) is 0 Å². The van der Waals surface area contributed by atoms with Crippen molar-refractivity contribution in [3.8, 4) is 18.1 Å². The standard InChI is InChI=1S/C20H25NO5/c1-6-7-15(22)14-8-9-16(24-5)18-17(14)13(12-25-18)10-11-21-19(23)26-20(2,3)4/h1,8-9,12,15,22H,7,10-11H2,2-5H3,(H,21,23). The van der Waals surface area contributed by atoms with Gasteiger partial charge in [0.1, 0.15) is 5.60 Å². The number of aliphatic hydroxyl groups is 1. The molecule has 2 N–H and O–H groups in total. The van der Waals surface area contributed by atoms with Crippen LogP contribution in [0.3, 0.4) is 0 Å². The highest BCUT2D eigenvalue weighted by Gasteiger charge is 2.20. The Morgan fingerprint density at radius 1 is 1.42 bits per heavy atom. The molecule has 0 bridgehead atoms. The summed E-state index contributed by atoms with van der Waals surface area (Å²) in [6, 6.07) is 3.52. The molecule has 1 amide bonds. The molecule has 1 aromatic heterocycles. The fourth-order valence-corrected chi connectivity index (χ4v) is 2.67. The fourth-order valence-electron chi connectivity index (χ4n) is 2.67. The molecule has 26 heavy (non-hydrogen) atoms. The van der Waals surface area contributed by atoms with E-state index in [-0.39, 0.29) is 6.42 Å². The molecule has 6 heteroatoms. The summed E-state index contributed by atoms with van der Waals surface area (Å²) in [6.45, 7) is 5.79. The van der Waals surface area contributed by atoms with Crippen LogP contribution < -0.4 is 10.1 Å². The Hall–Kier alpha value is -2.65. The molecule has 0 aliphatic heterocycles. The minimum atomic E-state index is -0.802. The van der Waals surface area contributed by atoms with Gasteiger partial charge in [-0.05, 0) is 38.8 Å². The molecule has 0 spiro atoms. The number of amides is 1. The molecule has 140 valence electrons. The van der Waals surface area contributed by atoms with Gasteiger partial charge in [-0.1, -0.05) is 6.07 Å². The molecule has 0 fully saturated rings. The van der Waals surface area contributed by atoms with Crippen molar-refractivity contribution < 1.29 is 23.8 Å². The number of hydrogen-bond donors (Lipinski definition) is 2. The van der Waals surface area contributed by atoms with Gasteiger partial charge in [0.05, 0.1) is 19.5 Å². The predicted molar refractivity (Wildman–Crippen MR) is 99.1 cm³/mol. The average Bonchev–Trinajstić information content (AvgIpc) is 2.96. The number of nitrogens with one attached hydrogen (secondary N) is 1. The molecule has 1 atom stereocenters. The van der Waals surface area contributed by atoms with Crippen LogP contribution in [0.2, 0.25) is 0 Å². The van der Waals surface area contributed by atoms with E-state index in [0.717, 1.165) is 10.9 Å². The lowest BCUT2D eigenvalue weighted by molar-refractivity contribution is 0.0528. The second-order valence-corrected chi connectivity index (χ2v) is 6.92.